The second-order valence-corrected chi connectivity index (χ2v) is 5.29. The van der Waals surface area contributed by atoms with E-state index in [0.29, 0.717) is 18.7 Å². The molecule has 0 aliphatic rings. The highest BCUT2D eigenvalue weighted by Gasteiger charge is 2.17. The van der Waals surface area contributed by atoms with Crippen molar-refractivity contribution in [1.82, 2.24) is 5.32 Å². The lowest BCUT2D eigenvalue weighted by Crippen LogP contribution is -2.33. The summed E-state index contributed by atoms with van der Waals surface area (Å²) in [6.45, 7) is 10.5. The van der Waals surface area contributed by atoms with E-state index in [-0.39, 0.29) is 17.3 Å². The average molecular weight is 293 g/mol. The van der Waals surface area contributed by atoms with E-state index in [1.807, 2.05) is 27.7 Å². The molecule has 0 unspecified atom stereocenters. The van der Waals surface area contributed by atoms with Gasteiger partial charge in [0.25, 0.3) is 5.91 Å². The van der Waals surface area contributed by atoms with Crippen LogP contribution in [0.3, 0.4) is 0 Å². The van der Waals surface area contributed by atoms with Crippen molar-refractivity contribution in [3.8, 4) is 0 Å². The summed E-state index contributed by atoms with van der Waals surface area (Å²) >= 11 is 0. The Morgan fingerprint density at radius 2 is 1.90 bits per heavy atom. The van der Waals surface area contributed by atoms with Crippen LogP contribution in [0, 0.1) is 0 Å². The maximum absolute atomic E-state index is 12.1. The Hall–Kier alpha value is -1.68. The van der Waals surface area contributed by atoms with Gasteiger partial charge in [-0.3, -0.25) is 9.59 Å². The number of amides is 1. The molecule has 0 aromatic carbocycles. The minimum atomic E-state index is -0.249. The fraction of sp³-hybridized carbons (Fsp3) is 0.529. The van der Waals surface area contributed by atoms with Crippen LogP contribution in [0.15, 0.2) is 36.0 Å². The van der Waals surface area contributed by atoms with E-state index in [2.05, 4.69) is 5.32 Å². The molecular weight excluding hydrogens is 266 g/mol. The zero-order valence-electron chi connectivity index (χ0n) is 13.7. The van der Waals surface area contributed by atoms with Crippen LogP contribution >= 0.6 is 0 Å². The molecule has 1 N–H and O–H groups in total. The molecule has 4 nitrogen and oxygen atoms in total. The van der Waals surface area contributed by atoms with Gasteiger partial charge < -0.3 is 10.1 Å². The molecule has 0 rings (SSSR count). The van der Waals surface area contributed by atoms with Crippen molar-refractivity contribution in [2.45, 2.75) is 46.6 Å². The maximum atomic E-state index is 12.1. The van der Waals surface area contributed by atoms with Crippen LogP contribution in [-0.4, -0.2) is 30.4 Å². The number of hydrogen-bond donors (Lipinski definition) is 1. The number of nitrogens with one attached hydrogen (secondary N) is 1. The van der Waals surface area contributed by atoms with Gasteiger partial charge in [0.15, 0.2) is 5.78 Å². The summed E-state index contributed by atoms with van der Waals surface area (Å²) in [4.78, 5) is 22.9. The van der Waals surface area contributed by atoms with Crippen LogP contribution in [0.5, 0.6) is 0 Å². The third-order valence-corrected chi connectivity index (χ3v) is 2.76. The number of carbonyl (C=O) groups is 2. The molecule has 21 heavy (non-hydrogen) atoms. The summed E-state index contributed by atoms with van der Waals surface area (Å²) in [5, 5.41) is 2.86. The van der Waals surface area contributed by atoms with Gasteiger partial charge in [-0.25, -0.2) is 0 Å². The molecule has 0 aliphatic carbocycles. The molecule has 0 atom stereocenters. The molecule has 0 bridgehead atoms. The highest BCUT2D eigenvalue weighted by Crippen LogP contribution is 2.13. The predicted molar refractivity (Wildman–Crippen MR) is 86.0 cm³/mol. The quantitative estimate of drug-likeness (QED) is 0.525. The highest BCUT2D eigenvalue weighted by molar-refractivity contribution is 5.96. The Bertz CT molecular complexity index is 431. The monoisotopic (exact) mass is 293 g/mol. The first-order chi connectivity index (χ1) is 9.82. The number of carbonyl (C=O) groups excluding carboxylic acids is 2. The molecule has 118 valence electrons. The van der Waals surface area contributed by atoms with Gasteiger partial charge in [-0.2, -0.15) is 0 Å². The predicted octanol–water partition coefficient (Wildman–Crippen LogP) is 2.96. The van der Waals surface area contributed by atoms with E-state index >= 15 is 0 Å². The van der Waals surface area contributed by atoms with E-state index in [0.717, 1.165) is 6.42 Å². The summed E-state index contributed by atoms with van der Waals surface area (Å²) in [5.74, 6) is -0.210. The van der Waals surface area contributed by atoms with Crippen molar-refractivity contribution >= 4 is 11.7 Å². The van der Waals surface area contributed by atoms with E-state index in [9.17, 15) is 9.59 Å². The molecule has 0 aromatic heterocycles. The first-order valence-electron chi connectivity index (χ1n) is 7.26. The zero-order valence-corrected chi connectivity index (χ0v) is 13.7. The molecule has 0 saturated heterocycles. The molecule has 0 aromatic rings. The average Bonchev–Trinajstić information content (AvgIpc) is 2.36. The fourth-order valence-electron chi connectivity index (χ4n) is 1.72. The molecule has 0 spiro atoms. The Labute approximate surface area is 127 Å². The Morgan fingerprint density at radius 3 is 2.43 bits per heavy atom. The number of ketones is 1. The topological polar surface area (TPSA) is 55.4 Å². The lowest BCUT2D eigenvalue weighted by atomic mass is 10.1. The van der Waals surface area contributed by atoms with Gasteiger partial charge >= 0.3 is 0 Å². The molecule has 1 amide bonds. The number of allylic oxidation sites excluding steroid dienone is 4. The van der Waals surface area contributed by atoms with Gasteiger partial charge in [0.2, 0.25) is 0 Å². The summed E-state index contributed by atoms with van der Waals surface area (Å²) < 4.78 is 5.58. The fourth-order valence-corrected chi connectivity index (χ4v) is 1.72. The number of hydrogen-bond acceptors (Lipinski definition) is 3. The third kappa shape index (κ3) is 9.79. The van der Waals surface area contributed by atoms with Crippen molar-refractivity contribution < 1.29 is 14.3 Å². The van der Waals surface area contributed by atoms with Crippen LogP contribution in [0.4, 0.5) is 0 Å². The highest BCUT2D eigenvalue weighted by atomic mass is 16.5. The van der Waals surface area contributed by atoms with Crippen molar-refractivity contribution in [1.29, 1.82) is 0 Å². The third-order valence-electron chi connectivity index (χ3n) is 2.76. The minimum absolute atomic E-state index is 0.0510. The van der Waals surface area contributed by atoms with Crippen molar-refractivity contribution in [2.24, 2.45) is 0 Å². The van der Waals surface area contributed by atoms with Gasteiger partial charge in [-0.1, -0.05) is 18.2 Å². The van der Waals surface area contributed by atoms with Crippen molar-refractivity contribution in [3.63, 3.8) is 0 Å². The van der Waals surface area contributed by atoms with Gasteiger partial charge in [0.1, 0.15) is 0 Å². The van der Waals surface area contributed by atoms with Crippen LogP contribution in [0.2, 0.25) is 0 Å². The first-order valence-corrected chi connectivity index (χ1v) is 7.26. The molecule has 0 radical (unpaired) electrons. The second-order valence-electron chi connectivity index (χ2n) is 5.29. The lowest BCUT2D eigenvalue weighted by molar-refractivity contribution is -0.117. The Kier molecular flexibility index (Phi) is 9.30. The SMILES string of the molecule is C\C=C/C(=C\C=C\C(C)=O)C(=O)NCCC(C)(C)OCC. The van der Waals surface area contributed by atoms with Crippen LogP contribution in [-0.2, 0) is 14.3 Å². The van der Waals surface area contributed by atoms with Gasteiger partial charge in [-0.15, -0.1) is 0 Å². The lowest BCUT2D eigenvalue weighted by Gasteiger charge is -2.24. The van der Waals surface area contributed by atoms with Gasteiger partial charge in [0, 0.05) is 18.7 Å². The molecule has 0 heterocycles. The van der Waals surface area contributed by atoms with E-state index in [4.69, 9.17) is 4.74 Å². The van der Waals surface area contributed by atoms with Crippen LogP contribution in [0.25, 0.3) is 0 Å². The van der Waals surface area contributed by atoms with Crippen LogP contribution in [0.1, 0.15) is 41.0 Å². The summed E-state index contributed by atoms with van der Waals surface area (Å²) in [6, 6.07) is 0. The Balaban J connectivity index is 4.54. The van der Waals surface area contributed by atoms with E-state index in [1.165, 1.54) is 13.0 Å². The normalized spacial score (nSPS) is 13.1. The van der Waals surface area contributed by atoms with Gasteiger partial charge in [-0.05, 0) is 53.2 Å². The first kappa shape index (κ1) is 19.3. The van der Waals surface area contributed by atoms with Crippen LogP contribution < -0.4 is 5.32 Å². The summed E-state index contributed by atoms with van der Waals surface area (Å²) in [7, 11) is 0. The molecular formula is C17H27NO3. The second kappa shape index (κ2) is 10.1. The van der Waals surface area contributed by atoms with E-state index in [1.54, 1.807) is 24.3 Å². The summed E-state index contributed by atoms with van der Waals surface area (Å²) in [5.41, 5.74) is 0.269. The van der Waals surface area contributed by atoms with Crippen molar-refractivity contribution in [2.75, 3.05) is 13.2 Å². The largest absolute Gasteiger partial charge is 0.376 e. The molecule has 4 heteroatoms. The maximum Gasteiger partial charge on any atom is 0.251 e. The minimum Gasteiger partial charge on any atom is -0.376 e. The van der Waals surface area contributed by atoms with Gasteiger partial charge in [0.05, 0.1) is 5.60 Å². The molecule has 0 aliphatic heterocycles. The zero-order chi connectivity index (χ0) is 16.3. The number of rotatable bonds is 9. The van der Waals surface area contributed by atoms with E-state index < -0.39 is 0 Å². The Morgan fingerprint density at radius 1 is 1.24 bits per heavy atom. The number of ether oxygens (including phenoxy) is 1. The molecule has 0 fully saturated rings. The summed E-state index contributed by atoms with van der Waals surface area (Å²) in [6.07, 6.45) is 8.88. The molecule has 0 saturated carbocycles. The standard InChI is InChI=1S/C17H27NO3/c1-6-9-15(11-8-10-14(3)19)16(20)18-13-12-17(4,5)21-7-2/h6,8-11H,7,12-13H2,1-5H3,(H,18,20)/b9-6-,10-8+,15-11+. The van der Waals surface area contributed by atoms with Crippen molar-refractivity contribution in [3.05, 3.63) is 36.0 Å². The smallest absolute Gasteiger partial charge is 0.251 e.